The van der Waals surface area contributed by atoms with E-state index in [1.165, 1.54) is 6.07 Å². The van der Waals surface area contributed by atoms with Crippen LogP contribution in [0, 0.1) is 0 Å². The molecule has 1 aromatic heterocycles. The van der Waals surface area contributed by atoms with Gasteiger partial charge in [-0.15, -0.1) is 0 Å². The molecule has 0 bridgehead atoms. The summed E-state index contributed by atoms with van der Waals surface area (Å²) in [6.07, 6.45) is -2.07. The van der Waals surface area contributed by atoms with E-state index in [0.29, 0.717) is 27.9 Å². The molecule has 1 heterocycles. The highest BCUT2D eigenvalue weighted by Gasteiger charge is 2.33. The number of rotatable bonds is 3. The van der Waals surface area contributed by atoms with E-state index < -0.39 is 11.9 Å². The van der Waals surface area contributed by atoms with Gasteiger partial charge >= 0.3 is 6.18 Å². The van der Waals surface area contributed by atoms with E-state index in [4.69, 9.17) is 11.6 Å². The monoisotopic (exact) mass is 287 g/mol. The van der Waals surface area contributed by atoms with Crippen molar-refractivity contribution in [2.24, 2.45) is 0 Å². The number of aryl methyl sites for hydroxylation is 1. The van der Waals surface area contributed by atoms with E-state index in [9.17, 15) is 13.2 Å². The lowest BCUT2D eigenvalue weighted by molar-refractivity contribution is -0.141. The maximum Gasteiger partial charge on any atom is 0.433 e. The maximum atomic E-state index is 12.8. The summed E-state index contributed by atoms with van der Waals surface area (Å²) >= 11 is 5.90. The summed E-state index contributed by atoms with van der Waals surface area (Å²) in [5.74, 6) is 0. The molecular weight excluding hydrogens is 275 g/mol. The van der Waals surface area contributed by atoms with Gasteiger partial charge in [-0.1, -0.05) is 24.9 Å². The van der Waals surface area contributed by atoms with Gasteiger partial charge in [0.15, 0.2) is 0 Å². The first-order chi connectivity index (χ1) is 8.91. The van der Waals surface area contributed by atoms with Crippen molar-refractivity contribution in [2.45, 2.75) is 32.4 Å². The Morgan fingerprint density at radius 3 is 2.58 bits per heavy atom. The average molecular weight is 288 g/mol. The highest BCUT2D eigenvalue weighted by atomic mass is 35.5. The van der Waals surface area contributed by atoms with Crippen LogP contribution < -0.4 is 0 Å². The number of unbranched alkanes of at least 4 members (excludes halogenated alkanes) is 1. The minimum atomic E-state index is -4.42. The quantitative estimate of drug-likeness (QED) is 0.751. The van der Waals surface area contributed by atoms with Crippen LogP contribution in [-0.4, -0.2) is 4.98 Å². The first kappa shape index (κ1) is 14.1. The highest BCUT2D eigenvalue weighted by Crippen LogP contribution is 2.32. The number of alkyl halides is 3. The molecule has 0 radical (unpaired) electrons. The molecule has 0 saturated heterocycles. The van der Waals surface area contributed by atoms with E-state index in [1.54, 1.807) is 12.1 Å². The molecule has 0 N–H and O–H groups in total. The third-order valence-corrected chi connectivity index (χ3v) is 3.18. The number of fused-ring (bicyclic) bond motifs is 1. The van der Waals surface area contributed by atoms with Crippen molar-refractivity contribution in [3.8, 4) is 0 Å². The molecule has 0 amide bonds. The lowest BCUT2D eigenvalue weighted by Crippen LogP contribution is -2.09. The van der Waals surface area contributed by atoms with Gasteiger partial charge in [-0.25, -0.2) is 4.98 Å². The standard InChI is InChI=1S/C14H13ClF3N/c1-2-3-4-9-7-13(14(16,17)18)19-12-6-5-10(15)8-11(9)12/h5-8H,2-4H2,1H3. The average Bonchev–Trinajstić information content (AvgIpc) is 2.34. The lowest BCUT2D eigenvalue weighted by Gasteiger charge is -2.11. The van der Waals surface area contributed by atoms with Crippen LogP contribution >= 0.6 is 11.6 Å². The number of aromatic nitrogens is 1. The number of pyridine rings is 1. The van der Waals surface area contributed by atoms with Crippen molar-refractivity contribution in [1.29, 1.82) is 0 Å². The molecule has 2 aromatic rings. The second-order valence-electron chi connectivity index (χ2n) is 4.43. The Morgan fingerprint density at radius 1 is 1.21 bits per heavy atom. The first-order valence-electron chi connectivity index (χ1n) is 6.08. The summed E-state index contributed by atoms with van der Waals surface area (Å²) in [6, 6.07) is 5.90. The van der Waals surface area contributed by atoms with Gasteiger partial charge in [0.1, 0.15) is 5.69 Å². The summed E-state index contributed by atoms with van der Waals surface area (Å²) in [6.45, 7) is 2.00. The minimum Gasteiger partial charge on any atom is -0.243 e. The summed E-state index contributed by atoms with van der Waals surface area (Å²) in [5, 5.41) is 1.21. The highest BCUT2D eigenvalue weighted by molar-refractivity contribution is 6.31. The smallest absolute Gasteiger partial charge is 0.243 e. The fourth-order valence-electron chi connectivity index (χ4n) is 1.99. The summed E-state index contributed by atoms with van der Waals surface area (Å²) < 4.78 is 38.4. The first-order valence-corrected chi connectivity index (χ1v) is 6.46. The second-order valence-corrected chi connectivity index (χ2v) is 4.87. The summed E-state index contributed by atoms with van der Waals surface area (Å²) in [7, 11) is 0. The predicted molar refractivity (Wildman–Crippen MR) is 70.4 cm³/mol. The molecule has 0 unspecified atom stereocenters. The molecule has 19 heavy (non-hydrogen) atoms. The minimum absolute atomic E-state index is 0.338. The van der Waals surface area contributed by atoms with Gasteiger partial charge < -0.3 is 0 Å². The van der Waals surface area contributed by atoms with Crippen molar-refractivity contribution in [3.63, 3.8) is 0 Å². The molecule has 0 atom stereocenters. The van der Waals surface area contributed by atoms with Crippen LogP contribution in [-0.2, 0) is 12.6 Å². The molecule has 0 aliphatic carbocycles. The van der Waals surface area contributed by atoms with Gasteiger partial charge in [0.25, 0.3) is 0 Å². The predicted octanol–water partition coefficient (Wildman–Crippen LogP) is 5.25. The van der Waals surface area contributed by atoms with Crippen LogP contribution in [0.3, 0.4) is 0 Å². The Kier molecular flexibility index (Phi) is 3.99. The van der Waals surface area contributed by atoms with Gasteiger partial charge in [-0.05, 0) is 42.7 Å². The van der Waals surface area contributed by atoms with Crippen molar-refractivity contribution in [1.82, 2.24) is 4.98 Å². The SMILES string of the molecule is CCCCc1cc(C(F)(F)F)nc2ccc(Cl)cc12. The molecule has 102 valence electrons. The zero-order chi connectivity index (χ0) is 14.0. The van der Waals surface area contributed by atoms with E-state index >= 15 is 0 Å². The normalized spacial score (nSPS) is 12.1. The van der Waals surface area contributed by atoms with E-state index in [1.807, 2.05) is 6.92 Å². The second kappa shape index (κ2) is 5.37. The van der Waals surface area contributed by atoms with Gasteiger partial charge in [-0.2, -0.15) is 13.2 Å². The van der Waals surface area contributed by atoms with Crippen LogP contribution in [0.1, 0.15) is 31.0 Å². The molecule has 1 nitrogen and oxygen atoms in total. The third kappa shape index (κ3) is 3.18. The molecule has 2 rings (SSSR count). The molecule has 0 saturated carbocycles. The number of benzene rings is 1. The Labute approximate surface area is 114 Å². The summed E-state index contributed by atoms with van der Waals surface area (Å²) in [4.78, 5) is 3.67. The zero-order valence-corrected chi connectivity index (χ0v) is 11.1. The Morgan fingerprint density at radius 2 is 1.95 bits per heavy atom. The van der Waals surface area contributed by atoms with Gasteiger partial charge in [0.2, 0.25) is 0 Å². The number of hydrogen-bond acceptors (Lipinski definition) is 1. The largest absolute Gasteiger partial charge is 0.433 e. The Balaban J connectivity index is 2.62. The number of nitrogens with zero attached hydrogens (tertiary/aromatic N) is 1. The number of halogens is 4. The van der Waals surface area contributed by atoms with Crippen LogP contribution in [0.2, 0.25) is 5.02 Å². The van der Waals surface area contributed by atoms with Gasteiger partial charge in [0, 0.05) is 10.4 Å². The maximum absolute atomic E-state index is 12.8. The molecule has 0 spiro atoms. The van der Waals surface area contributed by atoms with Crippen LogP contribution in [0.4, 0.5) is 13.2 Å². The van der Waals surface area contributed by atoms with Crippen LogP contribution in [0.25, 0.3) is 10.9 Å². The molecule has 0 fully saturated rings. The molecule has 0 aliphatic rings. The van der Waals surface area contributed by atoms with Crippen LogP contribution in [0.5, 0.6) is 0 Å². The van der Waals surface area contributed by atoms with Crippen molar-refractivity contribution in [2.75, 3.05) is 0 Å². The third-order valence-electron chi connectivity index (χ3n) is 2.95. The van der Waals surface area contributed by atoms with Crippen molar-refractivity contribution < 1.29 is 13.2 Å². The fourth-order valence-corrected chi connectivity index (χ4v) is 2.16. The summed E-state index contributed by atoms with van der Waals surface area (Å²) in [5.41, 5.74) is 0.153. The Bertz CT molecular complexity index is 593. The molecule has 0 aliphatic heterocycles. The number of hydrogen-bond donors (Lipinski definition) is 0. The molecule has 1 aromatic carbocycles. The fraction of sp³-hybridized carbons (Fsp3) is 0.357. The molecular formula is C14H13ClF3N. The Hall–Kier alpha value is -1.29. The van der Waals surface area contributed by atoms with E-state index in [2.05, 4.69) is 4.98 Å². The van der Waals surface area contributed by atoms with Gasteiger partial charge in [0.05, 0.1) is 5.52 Å². The van der Waals surface area contributed by atoms with Crippen molar-refractivity contribution in [3.05, 3.63) is 40.5 Å². The van der Waals surface area contributed by atoms with Gasteiger partial charge in [-0.3, -0.25) is 0 Å². The van der Waals surface area contributed by atoms with Crippen LogP contribution in [0.15, 0.2) is 24.3 Å². The lowest BCUT2D eigenvalue weighted by atomic mass is 10.0. The van der Waals surface area contributed by atoms with E-state index in [0.717, 1.165) is 18.9 Å². The zero-order valence-electron chi connectivity index (χ0n) is 10.4. The topological polar surface area (TPSA) is 12.9 Å². The molecule has 5 heteroatoms. The van der Waals surface area contributed by atoms with Crippen molar-refractivity contribution >= 4 is 22.5 Å². The van der Waals surface area contributed by atoms with E-state index in [-0.39, 0.29) is 0 Å².